The third-order valence-corrected chi connectivity index (χ3v) is 1.81. The van der Waals surface area contributed by atoms with Crippen LogP contribution in [0.4, 0.5) is 0 Å². The van der Waals surface area contributed by atoms with Crippen molar-refractivity contribution in [3.8, 4) is 23.0 Å². The van der Waals surface area contributed by atoms with Gasteiger partial charge in [-0.3, -0.25) is 0 Å². The number of aromatic nitrogens is 10. The third-order valence-electron chi connectivity index (χ3n) is 1.81. The van der Waals surface area contributed by atoms with Crippen LogP contribution in [0, 0.1) is 0 Å². The molecule has 3 heterocycles. The maximum Gasteiger partial charge on any atom is 0.225 e. The van der Waals surface area contributed by atoms with E-state index in [0.29, 0.717) is 23.0 Å². The number of aromatic amines is 2. The van der Waals surface area contributed by atoms with Crippen molar-refractivity contribution in [2.45, 2.75) is 0 Å². The van der Waals surface area contributed by atoms with Crippen LogP contribution in [0.5, 0.6) is 0 Å². The van der Waals surface area contributed by atoms with Crippen molar-refractivity contribution >= 4 is 0 Å². The zero-order valence-corrected chi connectivity index (χ0v) is 7.73. The van der Waals surface area contributed by atoms with Crippen molar-refractivity contribution in [3.05, 3.63) is 12.4 Å². The summed E-state index contributed by atoms with van der Waals surface area (Å²) in [5.74, 6) is 0.654. The van der Waals surface area contributed by atoms with Crippen LogP contribution >= 0.6 is 0 Å². The van der Waals surface area contributed by atoms with Crippen molar-refractivity contribution in [3.63, 3.8) is 0 Å². The van der Waals surface area contributed by atoms with Gasteiger partial charge >= 0.3 is 0 Å². The Labute approximate surface area is 87.5 Å². The van der Waals surface area contributed by atoms with Crippen LogP contribution < -0.4 is 0 Å². The molecule has 0 amide bonds. The number of nitrogens with zero attached hydrogens (tertiary/aromatic N) is 8. The van der Waals surface area contributed by atoms with Crippen LogP contribution in [-0.2, 0) is 0 Å². The number of nitrogens with one attached hydrogen (secondary N) is 2. The van der Waals surface area contributed by atoms with E-state index in [1.165, 1.54) is 12.4 Å². The first-order valence-electron chi connectivity index (χ1n) is 4.24. The minimum Gasteiger partial charge on any atom is -0.249 e. The lowest BCUT2D eigenvalue weighted by Gasteiger charge is -1.97. The highest BCUT2D eigenvalue weighted by molar-refractivity contribution is 5.68. The van der Waals surface area contributed by atoms with Gasteiger partial charge in [0.25, 0.3) is 0 Å². The summed E-state index contributed by atoms with van der Waals surface area (Å²) in [7, 11) is 0. The second kappa shape index (κ2) is 3.42. The van der Waals surface area contributed by atoms with Gasteiger partial charge in [0, 0.05) is 12.4 Å². The molecule has 0 aliphatic carbocycles. The van der Waals surface area contributed by atoms with E-state index in [0.717, 1.165) is 0 Å². The van der Waals surface area contributed by atoms with Crippen LogP contribution in [0.3, 0.4) is 0 Å². The first-order valence-corrected chi connectivity index (χ1v) is 4.24. The van der Waals surface area contributed by atoms with E-state index in [4.69, 9.17) is 0 Å². The fourth-order valence-electron chi connectivity index (χ4n) is 1.19. The Balaban J connectivity index is 2.19. The van der Waals surface area contributed by atoms with E-state index in [1.807, 2.05) is 0 Å². The first kappa shape index (κ1) is 8.52. The molecule has 0 bridgehead atoms. The summed E-state index contributed by atoms with van der Waals surface area (Å²) in [5, 5.41) is 26.9. The standard InChI is InChI=1S/C6H4N10/c1-2-8-4(6-11-15-16-12-6)3(7-1)5-9-13-14-10-5/h1-2H,(H,9,10,13,14)(H,11,12,15,16). The molecule has 0 saturated carbocycles. The molecule has 0 spiro atoms. The van der Waals surface area contributed by atoms with Gasteiger partial charge in [-0.05, 0) is 10.4 Å². The quantitative estimate of drug-likeness (QED) is 0.547. The Morgan fingerprint density at radius 1 is 0.750 bits per heavy atom. The van der Waals surface area contributed by atoms with Gasteiger partial charge in [0.15, 0.2) is 0 Å². The molecule has 78 valence electrons. The van der Waals surface area contributed by atoms with Gasteiger partial charge in [0.05, 0.1) is 0 Å². The summed E-state index contributed by atoms with van der Waals surface area (Å²) in [5.41, 5.74) is 0.885. The molecule has 0 fully saturated rings. The average molecular weight is 216 g/mol. The second-order valence-corrected chi connectivity index (χ2v) is 2.72. The summed E-state index contributed by atoms with van der Waals surface area (Å²) in [6.07, 6.45) is 3.05. The van der Waals surface area contributed by atoms with Crippen molar-refractivity contribution < 1.29 is 0 Å². The number of rotatable bonds is 2. The molecule has 0 aromatic carbocycles. The minimum absolute atomic E-state index is 0.327. The van der Waals surface area contributed by atoms with E-state index in [9.17, 15) is 0 Å². The fraction of sp³-hybridized carbons (Fsp3) is 0. The largest absolute Gasteiger partial charge is 0.249 e. The Hall–Kier alpha value is -2.78. The third kappa shape index (κ3) is 1.28. The normalized spacial score (nSPS) is 10.5. The van der Waals surface area contributed by atoms with E-state index in [1.54, 1.807) is 0 Å². The number of hydrogen-bond acceptors (Lipinski definition) is 8. The van der Waals surface area contributed by atoms with Crippen LogP contribution in [0.2, 0.25) is 0 Å². The van der Waals surface area contributed by atoms with Gasteiger partial charge in [0.2, 0.25) is 11.6 Å². The molecule has 0 atom stereocenters. The summed E-state index contributed by atoms with van der Waals surface area (Å²) in [6.45, 7) is 0. The number of tetrazole rings is 2. The highest BCUT2D eigenvalue weighted by Crippen LogP contribution is 2.20. The molecule has 0 aliphatic heterocycles. The molecule has 0 saturated heterocycles. The van der Waals surface area contributed by atoms with Crippen molar-refractivity contribution in [2.75, 3.05) is 0 Å². The molecule has 0 aliphatic rings. The van der Waals surface area contributed by atoms with Gasteiger partial charge in [0.1, 0.15) is 11.4 Å². The smallest absolute Gasteiger partial charge is 0.225 e. The minimum atomic E-state index is 0.327. The van der Waals surface area contributed by atoms with Crippen molar-refractivity contribution in [2.24, 2.45) is 0 Å². The molecule has 16 heavy (non-hydrogen) atoms. The summed E-state index contributed by atoms with van der Waals surface area (Å²) >= 11 is 0. The Kier molecular flexibility index (Phi) is 1.82. The summed E-state index contributed by atoms with van der Waals surface area (Å²) < 4.78 is 0. The molecular formula is C6H4N10. The van der Waals surface area contributed by atoms with E-state index < -0.39 is 0 Å². The molecule has 2 N–H and O–H groups in total. The Bertz CT molecular complexity index is 516. The van der Waals surface area contributed by atoms with Crippen LogP contribution in [0.15, 0.2) is 12.4 Å². The van der Waals surface area contributed by atoms with E-state index >= 15 is 0 Å². The molecule has 3 aromatic rings. The predicted molar refractivity (Wildman–Crippen MR) is 48.4 cm³/mol. The monoisotopic (exact) mass is 216 g/mol. The van der Waals surface area contributed by atoms with Gasteiger partial charge in [-0.2, -0.15) is 10.4 Å². The number of H-pyrrole nitrogens is 2. The van der Waals surface area contributed by atoms with Gasteiger partial charge < -0.3 is 0 Å². The molecule has 10 nitrogen and oxygen atoms in total. The predicted octanol–water partition coefficient (Wildman–Crippen LogP) is -1.16. The van der Waals surface area contributed by atoms with Crippen LogP contribution in [-0.4, -0.2) is 51.2 Å². The SMILES string of the molecule is c1cnc(-c2nn[nH]n2)c(-c2nn[nH]n2)n1. The zero-order valence-electron chi connectivity index (χ0n) is 7.73. The topological polar surface area (TPSA) is 135 Å². The fourth-order valence-corrected chi connectivity index (χ4v) is 1.19. The zero-order chi connectivity index (χ0) is 10.8. The van der Waals surface area contributed by atoms with Gasteiger partial charge in [-0.1, -0.05) is 0 Å². The van der Waals surface area contributed by atoms with Gasteiger partial charge in [-0.25, -0.2) is 9.97 Å². The molecule has 3 rings (SSSR count). The Morgan fingerprint density at radius 2 is 1.25 bits per heavy atom. The Morgan fingerprint density at radius 3 is 1.62 bits per heavy atom. The highest BCUT2D eigenvalue weighted by atomic mass is 15.5. The first-order chi connectivity index (χ1) is 7.95. The summed E-state index contributed by atoms with van der Waals surface area (Å²) in [6, 6.07) is 0. The molecule has 3 aromatic heterocycles. The van der Waals surface area contributed by atoms with Crippen LogP contribution in [0.1, 0.15) is 0 Å². The molecular weight excluding hydrogens is 212 g/mol. The maximum atomic E-state index is 4.11. The number of hydrogen-bond donors (Lipinski definition) is 2. The lowest BCUT2D eigenvalue weighted by molar-refractivity contribution is 0.881. The van der Waals surface area contributed by atoms with Crippen molar-refractivity contribution in [1.82, 2.24) is 51.2 Å². The lowest BCUT2D eigenvalue weighted by atomic mass is 10.3. The van der Waals surface area contributed by atoms with Gasteiger partial charge in [-0.15, -0.1) is 20.4 Å². The molecule has 0 radical (unpaired) electrons. The van der Waals surface area contributed by atoms with E-state index in [2.05, 4.69) is 51.2 Å². The van der Waals surface area contributed by atoms with Crippen LogP contribution in [0.25, 0.3) is 23.0 Å². The highest BCUT2D eigenvalue weighted by Gasteiger charge is 2.16. The van der Waals surface area contributed by atoms with E-state index in [-0.39, 0.29) is 0 Å². The molecule has 10 heteroatoms. The van der Waals surface area contributed by atoms with Crippen molar-refractivity contribution in [1.29, 1.82) is 0 Å². The average Bonchev–Trinajstić information content (AvgIpc) is 3.03. The second-order valence-electron chi connectivity index (χ2n) is 2.72. The summed E-state index contributed by atoms with van der Waals surface area (Å²) in [4.78, 5) is 8.22. The lowest BCUT2D eigenvalue weighted by Crippen LogP contribution is -1.95. The molecule has 0 unspecified atom stereocenters. The maximum absolute atomic E-state index is 4.11.